The minimum absolute atomic E-state index is 0.0462. The molecule has 1 unspecified atom stereocenters. The summed E-state index contributed by atoms with van der Waals surface area (Å²) in [6.07, 6.45) is -1.05. The maximum Gasteiger partial charge on any atom is 0.137 e. The summed E-state index contributed by atoms with van der Waals surface area (Å²) in [6.45, 7) is 6.19. The zero-order chi connectivity index (χ0) is 11.3. The third kappa shape index (κ3) is 2.93. The summed E-state index contributed by atoms with van der Waals surface area (Å²) in [5.41, 5.74) is 7.06. The number of alkyl halides is 1. The van der Waals surface area contributed by atoms with Gasteiger partial charge in [0, 0.05) is 25.3 Å². The summed E-state index contributed by atoms with van der Waals surface area (Å²) in [6, 6.07) is 7.52. The third-order valence-corrected chi connectivity index (χ3v) is 2.59. The Morgan fingerprint density at radius 3 is 2.13 bits per heavy atom. The first-order valence-electron chi connectivity index (χ1n) is 5.42. The summed E-state index contributed by atoms with van der Waals surface area (Å²) in [5.74, 6) is 0. The fraction of sp³-hybridized carbons (Fsp3) is 0.500. The predicted octanol–water partition coefficient (Wildman–Crippen LogP) is 2.50. The Balaban J connectivity index is 2.79. The van der Waals surface area contributed by atoms with Crippen molar-refractivity contribution < 1.29 is 4.39 Å². The number of hydrogen-bond donors (Lipinski definition) is 1. The Morgan fingerprint density at radius 2 is 1.73 bits per heavy atom. The van der Waals surface area contributed by atoms with E-state index in [1.165, 1.54) is 0 Å². The van der Waals surface area contributed by atoms with Crippen LogP contribution in [0.3, 0.4) is 0 Å². The molecule has 2 nitrogen and oxygen atoms in total. The Kier molecular flexibility index (Phi) is 4.56. The van der Waals surface area contributed by atoms with Crippen LogP contribution < -0.4 is 10.6 Å². The number of nitrogens with two attached hydrogens (primary N) is 1. The van der Waals surface area contributed by atoms with Crippen LogP contribution in [0.25, 0.3) is 0 Å². The largest absolute Gasteiger partial charge is 0.372 e. The molecule has 0 amide bonds. The second-order valence-corrected chi connectivity index (χ2v) is 3.47. The van der Waals surface area contributed by atoms with Gasteiger partial charge in [0.2, 0.25) is 0 Å². The lowest BCUT2D eigenvalue weighted by atomic mass is 10.1. The fourth-order valence-electron chi connectivity index (χ4n) is 1.62. The van der Waals surface area contributed by atoms with E-state index in [4.69, 9.17) is 5.73 Å². The van der Waals surface area contributed by atoms with Crippen LogP contribution in [0.2, 0.25) is 0 Å². The van der Waals surface area contributed by atoms with Crippen molar-refractivity contribution in [1.29, 1.82) is 0 Å². The van der Waals surface area contributed by atoms with Crippen molar-refractivity contribution in [3.05, 3.63) is 29.8 Å². The van der Waals surface area contributed by atoms with E-state index in [1.807, 2.05) is 24.3 Å². The van der Waals surface area contributed by atoms with E-state index in [9.17, 15) is 4.39 Å². The highest BCUT2D eigenvalue weighted by Gasteiger charge is 2.07. The van der Waals surface area contributed by atoms with Crippen molar-refractivity contribution in [2.45, 2.75) is 20.0 Å². The first kappa shape index (κ1) is 12.0. The molecule has 0 aliphatic carbocycles. The van der Waals surface area contributed by atoms with Crippen LogP contribution in [-0.2, 0) is 0 Å². The number of nitrogens with zero attached hydrogens (tertiary/aromatic N) is 1. The van der Waals surface area contributed by atoms with E-state index < -0.39 is 6.17 Å². The maximum absolute atomic E-state index is 13.2. The summed E-state index contributed by atoms with van der Waals surface area (Å²) in [4.78, 5) is 2.22. The van der Waals surface area contributed by atoms with Gasteiger partial charge in [-0.2, -0.15) is 0 Å². The van der Waals surface area contributed by atoms with Crippen molar-refractivity contribution in [2.24, 2.45) is 5.73 Å². The van der Waals surface area contributed by atoms with Crippen LogP contribution in [0.15, 0.2) is 24.3 Å². The van der Waals surface area contributed by atoms with Crippen molar-refractivity contribution in [3.63, 3.8) is 0 Å². The standard InChI is InChI=1S/C12H19FN2/c1-3-15(4-2)11-7-5-10(6-8-11)12(13)9-14/h5-8,12H,3-4,9,14H2,1-2H3. The van der Waals surface area contributed by atoms with E-state index in [1.54, 1.807) is 0 Å². The first-order valence-corrected chi connectivity index (χ1v) is 5.42. The average Bonchev–Trinajstić information content (AvgIpc) is 2.30. The van der Waals surface area contributed by atoms with Gasteiger partial charge in [0.05, 0.1) is 0 Å². The molecule has 0 bridgehead atoms. The van der Waals surface area contributed by atoms with Crippen molar-refractivity contribution in [1.82, 2.24) is 0 Å². The van der Waals surface area contributed by atoms with Crippen molar-refractivity contribution >= 4 is 5.69 Å². The van der Waals surface area contributed by atoms with Gasteiger partial charge in [0.1, 0.15) is 6.17 Å². The van der Waals surface area contributed by atoms with Crippen LogP contribution in [0.5, 0.6) is 0 Å². The highest BCUT2D eigenvalue weighted by Crippen LogP contribution is 2.20. The average molecular weight is 210 g/mol. The van der Waals surface area contributed by atoms with Gasteiger partial charge in [-0.15, -0.1) is 0 Å². The van der Waals surface area contributed by atoms with Gasteiger partial charge in [0.15, 0.2) is 0 Å². The van der Waals surface area contributed by atoms with Crippen LogP contribution in [0.4, 0.5) is 10.1 Å². The molecule has 1 aromatic rings. The van der Waals surface area contributed by atoms with E-state index in [0.717, 1.165) is 18.8 Å². The second-order valence-electron chi connectivity index (χ2n) is 3.47. The van der Waals surface area contributed by atoms with Gasteiger partial charge in [-0.05, 0) is 31.5 Å². The summed E-state index contributed by atoms with van der Waals surface area (Å²) < 4.78 is 13.2. The number of anilines is 1. The highest BCUT2D eigenvalue weighted by molar-refractivity contribution is 5.47. The minimum atomic E-state index is -1.05. The molecule has 0 aromatic heterocycles. The number of halogens is 1. The molecule has 2 N–H and O–H groups in total. The zero-order valence-electron chi connectivity index (χ0n) is 9.41. The molecule has 0 heterocycles. The van der Waals surface area contributed by atoms with Gasteiger partial charge in [-0.25, -0.2) is 4.39 Å². The summed E-state index contributed by atoms with van der Waals surface area (Å²) in [7, 11) is 0. The van der Waals surface area contributed by atoms with E-state index in [-0.39, 0.29) is 6.54 Å². The van der Waals surface area contributed by atoms with Crippen LogP contribution in [-0.4, -0.2) is 19.6 Å². The molecule has 0 fully saturated rings. The first-order chi connectivity index (χ1) is 7.22. The lowest BCUT2D eigenvalue weighted by Gasteiger charge is -2.21. The molecular weight excluding hydrogens is 191 g/mol. The number of hydrogen-bond acceptors (Lipinski definition) is 2. The van der Waals surface area contributed by atoms with Crippen LogP contribution in [0.1, 0.15) is 25.6 Å². The molecule has 0 radical (unpaired) electrons. The Labute approximate surface area is 90.9 Å². The van der Waals surface area contributed by atoms with E-state index >= 15 is 0 Å². The molecule has 0 saturated heterocycles. The SMILES string of the molecule is CCN(CC)c1ccc(C(F)CN)cc1. The normalized spacial score (nSPS) is 12.5. The molecular formula is C12H19FN2. The summed E-state index contributed by atoms with van der Waals surface area (Å²) >= 11 is 0. The second kappa shape index (κ2) is 5.71. The number of rotatable bonds is 5. The lowest BCUT2D eigenvalue weighted by molar-refractivity contribution is 0.353. The van der Waals surface area contributed by atoms with Crippen molar-refractivity contribution in [2.75, 3.05) is 24.5 Å². The Morgan fingerprint density at radius 1 is 1.20 bits per heavy atom. The molecule has 3 heteroatoms. The Hall–Kier alpha value is -1.09. The minimum Gasteiger partial charge on any atom is -0.372 e. The molecule has 84 valence electrons. The monoisotopic (exact) mass is 210 g/mol. The molecule has 1 rings (SSSR count). The zero-order valence-corrected chi connectivity index (χ0v) is 9.41. The molecule has 0 spiro atoms. The highest BCUT2D eigenvalue weighted by atomic mass is 19.1. The van der Waals surface area contributed by atoms with Gasteiger partial charge in [-0.1, -0.05) is 12.1 Å². The lowest BCUT2D eigenvalue weighted by Crippen LogP contribution is -2.21. The maximum atomic E-state index is 13.2. The van der Waals surface area contributed by atoms with Gasteiger partial charge in [-0.3, -0.25) is 0 Å². The van der Waals surface area contributed by atoms with Gasteiger partial charge in [0.25, 0.3) is 0 Å². The smallest absolute Gasteiger partial charge is 0.137 e. The molecule has 1 aromatic carbocycles. The van der Waals surface area contributed by atoms with Gasteiger partial charge < -0.3 is 10.6 Å². The molecule has 0 saturated carbocycles. The van der Waals surface area contributed by atoms with Crippen LogP contribution >= 0.6 is 0 Å². The molecule has 0 aliphatic heterocycles. The van der Waals surface area contributed by atoms with Crippen molar-refractivity contribution in [3.8, 4) is 0 Å². The molecule has 1 atom stereocenters. The van der Waals surface area contributed by atoms with E-state index in [0.29, 0.717) is 5.56 Å². The van der Waals surface area contributed by atoms with Gasteiger partial charge >= 0.3 is 0 Å². The Bertz CT molecular complexity index is 280. The van der Waals surface area contributed by atoms with E-state index in [2.05, 4.69) is 18.7 Å². The fourth-order valence-corrected chi connectivity index (χ4v) is 1.62. The predicted molar refractivity (Wildman–Crippen MR) is 62.9 cm³/mol. The number of benzene rings is 1. The molecule has 15 heavy (non-hydrogen) atoms. The van der Waals surface area contributed by atoms with Crippen LogP contribution in [0, 0.1) is 0 Å². The third-order valence-electron chi connectivity index (χ3n) is 2.59. The summed E-state index contributed by atoms with van der Waals surface area (Å²) in [5, 5.41) is 0. The quantitative estimate of drug-likeness (QED) is 0.809. The topological polar surface area (TPSA) is 29.3 Å². The molecule has 0 aliphatic rings.